The number of halogens is 1. The molecule has 0 aromatic carbocycles. The molecule has 105 heavy (non-hydrogen) atoms. The summed E-state index contributed by atoms with van der Waals surface area (Å²) in [5, 5.41) is 23.8. The van der Waals surface area contributed by atoms with Gasteiger partial charge < -0.3 is 30.0 Å². The number of aliphatic hydroxyl groups is 1. The average Bonchev–Trinajstić information content (AvgIpc) is 0.900. The zero-order valence-electron chi connectivity index (χ0n) is 56.2. The molecule has 12 aromatic heterocycles. The Morgan fingerprint density at radius 1 is 0.371 bits per heavy atom. The van der Waals surface area contributed by atoms with Crippen LogP contribution in [-0.2, 0) is 0 Å². The van der Waals surface area contributed by atoms with Gasteiger partial charge in [-0.05, 0) is 117 Å². The summed E-state index contributed by atoms with van der Waals surface area (Å²) < 4.78 is 0. The number of likely N-dealkylation sites (N-methyl/N-ethyl adjacent to an activating group) is 1. The summed E-state index contributed by atoms with van der Waals surface area (Å²) in [5.74, 6) is 3.32. The molecule has 3 saturated heterocycles. The molecule has 0 saturated carbocycles. The molecule has 0 spiro atoms. The monoisotopic (exact) mass is 1430 g/mol. The minimum atomic E-state index is -0.387. The Balaban J connectivity index is 0.000000132. The van der Waals surface area contributed by atoms with E-state index in [1.165, 1.54) is 43.8 Å². The van der Waals surface area contributed by atoms with Gasteiger partial charge in [-0.2, -0.15) is 19.9 Å². The van der Waals surface area contributed by atoms with E-state index in [1.54, 1.807) is 104 Å². The van der Waals surface area contributed by atoms with Crippen LogP contribution in [0, 0.1) is 0 Å². The van der Waals surface area contributed by atoms with Gasteiger partial charge in [0.05, 0.1) is 28.4 Å². The van der Waals surface area contributed by atoms with Crippen LogP contribution in [-0.4, -0.2) is 212 Å². The normalized spacial score (nSPS) is 13.6. The Labute approximate surface area is 605 Å². The van der Waals surface area contributed by atoms with E-state index < -0.39 is 0 Å². The maximum absolute atomic E-state index is 12.5. The molecule has 0 bridgehead atoms. The molecule has 0 aliphatic carbocycles. The number of piperidine rings is 1. The van der Waals surface area contributed by atoms with Crippen LogP contribution in [0.3, 0.4) is 0 Å². The number of pyridine rings is 8. The van der Waals surface area contributed by atoms with Gasteiger partial charge in [0.2, 0.25) is 23.8 Å². The fraction of sp³-hybridized carbons (Fsp3) is 0.200. The minimum absolute atomic E-state index is 0.135. The predicted molar refractivity (Wildman–Crippen MR) is 388 cm³/mol. The second kappa shape index (κ2) is 35.8. The Morgan fingerprint density at radius 2 is 0.686 bits per heavy atom. The number of nitrogens with zero attached hydrogens (tertiary/aromatic N) is 24. The number of nitrogens with one attached hydrogen (secondary N) is 5. The number of rotatable bonds is 15. The summed E-state index contributed by atoms with van der Waals surface area (Å²) >= 11 is 5.68. The maximum Gasteiger partial charge on any atom is 0.259 e. The zero-order valence-corrected chi connectivity index (χ0v) is 57.0. The van der Waals surface area contributed by atoms with Crippen molar-refractivity contribution in [2.75, 3.05) is 108 Å². The summed E-state index contributed by atoms with van der Waals surface area (Å²) in [4.78, 5) is 141. The summed E-state index contributed by atoms with van der Waals surface area (Å²) in [6, 6.07) is 35.5. The van der Waals surface area contributed by atoms with Crippen molar-refractivity contribution in [1.29, 1.82) is 0 Å². The van der Waals surface area contributed by atoms with Crippen LogP contribution in [0.1, 0.15) is 54.3 Å². The van der Waals surface area contributed by atoms with E-state index in [0.29, 0.717) is 73.5 Å². The maximum atomic E-state index is 12.5. The van der Waals surface area contributed by atoms with Gasteiger partial charge in [0, 0.05) is 115 Å². The molecule has 34 nitrogen and oxygen atoms in total. The van der Waals surface area contributed by atoms with E-state index in [2.05, 4.69) is 153 Å². The van der Waals surface area contributed by atoms with Crippen LogP contribution in [0.5, 0.6) is 0 Å². The quantitative estimate of drug-likeness (QED) is 0.0631. The van der Waals surface area contributed by atoms with Gasteiger partial charge in [0.25, 0.3) is 23.6 Å². The molecule has 0 unspecified atom stereocenters. The van der Waals surface area contributed by atoms with Gasteiger partial charge >= 0.3 is 0 Å². The Bertz CT molecular complexity index is 4650. The summed E-state index contributed by atoms with van der Waals surface area (Å²) in [6.45, 7) is 9.03. The Hall–Kier alpha value is -13.3. The first-order valence-electron chi connectivity index (χ1n) is 32.9. The van der Waals surface area contributed by atoms with Crippen LogP contribution < -0.4 is 41.3 Å². The molecule has 3 aliphatic rings. The van der Waals surface area contributed by atoms with Crippen molar-refractivity contribution < 1.29 is 24.3 Å². The van der Waals surface area contributed by atoms with Gasteiger partial charge in [0.15, 0.2) is 23.3 Å². The third-order valence-corrected chi connectivity index (χ3v) is 16.1. The number of anilines is 7. The molecule has 6 N–H and O–H groups in total. The van der Waals surface area contributed by atoms with Crippen molar-refractivity contribution in [2.24, 2.45) is 0 Å². The van der Waals surface area contributed by atoms with Crippen molar-refractivity contribution >= 4 is 76.5 Å². The molecule has 0 atom stereocenters. The average molecular weight is 1430 g/mol. The smallest absolute Gasteiger partial charge is 0.259 e. The molecule has 528 valence electrons. The molecule has 15 rings (SSSR count). The molecule has 4 amide bonds. The van der Waals surface area contributed by atoms with E-state index in [0.717, 1.165) is 95.7 Å². The van der Waals surface area contributed by atoms with Crippen molar-refractivity contribution in [3.63, 3.8) is 0 Å². The number of aromatic nitrogens is 20. The van der Waals surface area contributed by atoms with Crippen LogP contribution in [0.25, 0.3) is 46.1 Å². The lowest BCUT2D eigenvalue weighted by Crippen LogP contribution is -2.44. The predicted octanol–water partition coefficient (Wildman–Crippen LogP) is 6.10. The van der Waals surface area contributed by atoms with E-state index in [9.17, 15) is 24.3 Å². The Kier molecular flexibility index (Phi) is 24.4. The topological polar surface area (TPSA) is 419 Å². The molecular formula is C70H66ClN29O5. The molecule has 3 fully saturated rings. The number of piperazine rings is 2. The third kappa shape index (κ3) is 20.5. The third-order valence-electron chi connectivity index (χ3n) is 15.8. The molecule has 0 radical (unpaired) electrons. The number of hydrogen-bond acceptors (Lipinski definition) is 30. The van der Waals surface area contributed by atoms with Crippen LogP contribution in [0.15, 0.2) is 196 Å². The lowest BCUT2D eigenvalue weighted by atomic mass is 10.1. The number of aliphatic hydroxyl groups excluding tert-OH is 1. The first kappa shape index (κ1) is 71.5. The van der Waals surface area contributed by atoms with Crippen molar-refractivity contribution in [3.8, 4) is 46.1 Å². The molecule has 35 heteroatoms. The molecule has 15 heterocycles. The van der Waals surface area contributed by atoms with E-state index in [1.807, 2.05) is 48.5 Å². The second-order valence-corrected chi connectivity index (χ2v) is 23.4. The van der Waals surface area contributed by atoms with Crippen LogP contribution in [0.4, 0.5) is 41.2 Å². The highest BCUT2D eigenvalue weighted by Gasteiger charge is 2.22. The van der Waals surface area contributed by atoms with Crippen molar-refractivity contribution in [1.82, 2.24) is 110 Å². The van der Waals surface area contributed by atoms with E-state index in [-0.39, 0.29) is 53.5 Å². The first-order valence-corrected chi connectivity index (χ1v) is 33.3. The first-order chi connectivity index (χ1) is 51.4. The Morgan fingerprint density at radius 3 is 0.981 bits per heavy atom. The largest absolute Gasteiger partial charge is 0.393 e. The molecule has 3 aliphatic heterocycles. The summed E-state index contributed by atoms with van der Waals surface area (Å²) in [7, 11) is 2.11. The van der Waals surface area contributed by atoms with Gasteiger partial charge in [0.1, 0.15) is 70.7 Å². The van der Waals surface area contributed by atoms with E-state index >= 15 is 0 Å². The number of carbonyl (C=O) groups is 4. The standard InChI is InChI=1S/C19H20N8O.C19H19N7O2.C18H18N8O.C14H9ClN6O/c1-26-8-10-27(11-9-26)16-6-5-14(12-21-16)18(28)25-19-23-13-22-17(24-19)15-4-2-3-7-20-15;27-14-6-9-26(10-7-14)16-5-4-13(11-21-16)18(28)25-19-23-12-22-17(24-19)15-3-1-2-8-20-15;27-17(13-4-5-15(21-11-13)26-9-7-19-8-10-26)25-18-23-12-22-16(24-18)14-3-1-2-6-20-14;15-11-5-4-9(7-17-11)13(22)21-14-19-8-18-12(20-14)10-3-1-2-6-16-10/h2-7,12-13H,8-11H2,1H3,(H,22,23,24,25,28);1-5,8,11-12,14,27H,6-7,9-10H2,(H,22,23,24,25,28);1-6,11-12,19H,7-10H2,(H,22,23,24,25,27);1-8H,(H,18,19,20,21,22). The highest BCUT2D eigenvalue weighted by atomic mass is 35.5. The lowest BCUT2D eigenvalue weighted by molar-refractivity contribution is 0.101. The van der Waals surface area contributed by atoms with Gasteiger partial charge in [-0.25, -0.2) is 59.8 Å². The van der Waals surface area contributed by atoms with Gasteiger partial charge in [-0.15, -0.1) is 0 Å². The SMILES string of the molecule is CN1CCN(c2ccc(C(=O)Nc3ncnc(-c4ccccn4)n3)cn2)CC1.O=C(Nc1ncnc(-c2ccccn2)n1)c1ccc(Cl)nc1.O=C(Nc1ncnc(-c2ccccn2)n1)c1ccc(N2CCC(O)CC2)nc1.O=C(Nc1ncnc(-c2ccccn2)n1)c1ccc(N2CCNCC2)nc1. The van der Waals surface area contributed by atoms with Crippen LogP contribution >= 0.6 is 11.6 Å². The van der Waals surface area contributed by atoms with Gasteiger partial charge in [-0.1, -0.05) is 35.9 Å². The van der Waals surface area contributed by atoms with Crippen molar-refractivity contribution in [3.05, 3.63) is 224 Å². The van der Waals surface area contributed by atoms with Crippen LogP contribution in [0.2, 0.25) is 5.15 Å². The second-order valence-electron chi connectivity index (χ2n) is 23.0. The van der Waals surface area contributed by atoms with E-state index in [4.69, 9.17) is 11.6 Å². The fourth-order valence-corrected chi connectivity index (χ4v) is 10.4. The zero-order chi connectivity index (χ0) is 72.5. The highest BCUT2D eigenvalue weighted by Crippen LogP contribution is 2.22. The summed E-state index contributed by atoms with van der Waals surface area (Å²) in [5.41, 5.74) is 4.04. The van der Waals surface area contributed by atoms with Gasteiger partial charge in [-0.3, -0.25) is 60.4 Å². The lowest BCUT2D eigenvalue weighted by Gasteiger charge is -2.33. The molecule has 12 aromatic rings. The number of hydrogen-bond donors (Lipinski definition) is 6. The minimum Gasteiger partial charge on any atom is -0.393 e. The molecular weight excluding hydrogens is 1360 g/mol. The number of carbonyl (C=O) groups excluding carboxylic acids is 4. The number of amides is 4. The summed E-state index contributed by atoms with van der Waals surface area (Å²) in [6.07, 6.45) is 19.2. The van der Waals surface area contributed by atoms with Crippen molar-refractivity contribution in [2.45, 2.75) is 18.9 Å². The highest BCUT2D eigenvalue weighted by molar-refractivity contribution is 6.29. The fourth-order valence-electron chi connectivity index (χ4n) is 10.3.